The number of nitrogens with zero attached hydrogens (tertiary/aromatic N) is 1. The SMILES string of the molecule is NC1C=CN(CC2OC(CO)C(O)C2(F)F)C(=O)N1. The van der Waals surface area contributed by atoms with Crippen molar-refractivity contribution in [3.8, 4) is 0 Å². The second-order valence-corrected chi connectivity index (χ2v) is 4.43. The van der Waals surface area contributed by atoms with E-state index in [0.717, 1.165) is 4.90 Å². The zero-order valence-corrected chi connectivity index (χ0v) is 9.87. The number of aliphatic hydroxyl groups is 2. The Morgan fingerprint density at radius 3 is 2.79 bits per heavy atom. The maximum atomic E-state index is 13.7. The lowest BCUT2D eigenvalue weighted by molar-refractivity contribution is -0.114. The number of aliphatic hydroxyl groups excluding tert-OH is 2. The summed E-state index contributed by atoms with van der Waals surface area (Å²) in [7, 11) is 0. The molecule has 1 fully saturated rings. The molecular formula is C10H15F2N3O4. The van der Waals surface area contributed by atoms with Gasteiger partial charge in [0.2, 0.25) is 0 Å². The van der Waals surface area contributed by atoms with Crippen LogP contribution in [0.3, 0.4) is 0 Å². The number of halogens is 2. The van der Waals surface area contributed by atoms with E-state index in [2.05, 4.69) is 5.32 Å². The first-order chi connectivity index (χ1) is 8.86. The van der Waals surface area contributed by atoms with Crippen LogP contribution in [0.1, 0.15) is 0 Å². The number of carbonyl (C=O) groups is 1. The van der Waals surface area contributed by atoms with Crippen molar-refractivity contribution in [3.05, 3.63) is 12.3 Å². The van der Waals surface area contributed by atoms with Gasteiger partial charge in [0.25, 0.3) is 0 Å². The minimum Gasteiger partial charge on any atom is -0.394 e. The summed E-state index contributed by atoms with van der Waals surface area (Å²) in [6, 6.07) is -0.628. The Bertz CT molecular complexity index is 393. The first-order valence-corrected chi connectivity index (χ1v) is 5.69. The van der Waals surface area contributed by atoms with E-state index in [4.69, 9.17) is 15.6 Å². The maximum Gasteiger partial charge on any atom is 0.322 e. The summed E-state index contributed by atoms with van der Waals surface area (Å²) in [6.07, 6.45) is -3.11. The Morgan fingerprint density at radius 2 is 2.26 bits per heavy atom. The number of carbonyl (C=O) groups excluding carboxylic acids is 1. The van der Waals surface area contributed by atoms with Crippen LogP contribution in [-0.2, 0) is 4.74 Å². The third-order valence-electron chi connectivity index (χ3n) is 3.08. The first kappa shape index (κ1) is 14.1. The molecule has 9 heteroatoms. The number of hydrogen-bond acceptors (Lipinski definition) is 5. The minimum atomic E-state index is -3.54. The monoisotopic (exact) mass is 279 g/mol. The second kappa shape index (κ2) is 5.00. The molecule has 2 rings (SSSR count). The molecule has 7 nitrogen and oxygen atoms in total. The van der Waals surface area contributed by atoms with Gasteiger partial charge in [0.1, 0.15) is 18.3 Å². The smallest absolute Gasteiger partial charge is 0.322 e. The third-order valence-corrected chi connectivity index (χ3v) is 3.08. The van der Waals surface area contributed by atoms with Crippen LogP contribution in [0.2, 0.25) is 0 Å². The molecule has 0 radical (unpaired) electrons. The molecule has 2 amide bonds. The molecule has 0 spiro atoms. The lowest BCUT2D eigenvalue weighted by Gasteiger charge is -2.29. The highest BCUT2D eigenvalue weighted by Gasteiger charge is 2.58. The average molecular weight is 279 g/mol. The van der Waals surface area contributed by atoms with Gasteiger partial charge >= 0.3 is 12.0 Å². The van der Waals surface area contributed by atoms with E-state index in [1.165, 1.54) is 12.3 Å². The maximum absolute atomic E-state index is 13.7. The molecule has 19 heavy (non-hydrogen) atoms. The van der Waals surface area contributed by atoms with Crippen molar-refractivity contribution in [1.29, 1.82) is 0 Å². The fourth-order valence-electron chi connectivity index (χ4n) is 1.98. The molecule has 5 N–H and O–H groups in total. The van der Waals surface area contributed by atoms with Gasteiger partial charge in [-0.15, -0.1) is 0 Å². The topological polar surface area (TPSA) is 108 Å². The van der Waals surface area contributed by atoms with Crippen LogP contribution < -0.4 is 11.1 Å². The molecule has 4 atom stereocenters. The van der Waals surface area contributed by atoms with Crippen molar-refractivity contribution >= 4 is 6.03 Å². The van der Waals surface area contributed by atoms with Crippen molar-refractivity contribution in [2.24, 2.45) is 5.73 Å². The molecule has 0 aliphatic carbocycles. The van der Waals surface area contributed by atoms with Gasteiger partial charge in [-0.25, -0.2) is 13.6 Å². The number of alkyl halides is 2. The number of nitrogens with two attached hydrogens (primary N) is 1. The predicted octanol–water partition coefficient (Wildman–Crippen LogP) is -1.43. The highest BCUT2D eigenvalue weighted by atomic mass is 19.3. The number of nitrogens with one attached hydrogen (secondary N) is 1. The van der Waals surface area contributed by atoms with Crippen LogP contribution in [-0.4, -0.2) is 64.7 Å². The van der Waals surface area contributed by atoms with Gasteiger partial charge in [0.15, 0.2) is 0 Å². The summed E-state index contributed by atoms with van der Waals surface area (Å²) < 4.78 is 32.3. The van der Waals surface area contributed by atoms with Gasteiger partial charge < -0.3 is 26.0 Å². The number of amides is 2. The lowest BCUT2D eigenvalue weighted by Crippen LogP contribution is -2.53. The normalized spacial score (nSPS) is 37.5. The standard InChI is InChI=1S/C10H15F2N3O4/c11-10(12)6(19-5(4-16)8(10)17)3-15-2-1-7(13)14-9(15)18/h1-2,5-8,16-17H,3-4,13H2,(H,14,18). The summed E-state index contributed by atoms with van der Waals surface area (Å²) in [5, 5.41) is 20.5. The van der Waals surface area contributed by atoms with Crippen molar-refractivity contribution in [3.63, 3.8) is 0 Å². The molecule has 0 aromatic carbocycles. The summed E-state index contributed by atoms with van der Waals surface area (Å²) in [4.78, 5) is 12.5. The fourth-order valence-corrected chi connectivity index (χ4v) is 1.98. The van der Waals surface area contributed by atoms with Crippen molar-refractivity contribution < 1.29 is 28.5 Å². The summed E-state index contributed by atoms with van der Waals surface area (Å²) in [5.41, 5.74) is 5.42. The molecule has 0 aromatic heterocycles. The molecule has 108 valence electrons. The summed E-state index contributed by atoms with van der Waals surface area (Å²) in [5.74, 6) is -3.54. The van der Waals surface area contributed by atoms with E-state index in [0.29, 0.717) is 0 Å². The Hall–Kier alpha value is -1.29. The largest absolute Gasteiger partial charge is 0.394 e. The number of urea groups is 1. The van der Waals surface area contributed by atoms with Gasteiger partial charge in [0.05, 0.1) is 19.3 Å². The molecule has 2 heterocycles. The Balaban J connectivity index is 2.07. The zero-order valence-electron chi connectivity index (χ0n) is 9.87. The quantitative estimate of drug-likeness (QED) is 0.506. The highest BCUT2D eigenvalue weighted by Crippen LogP contribution is 2.36. The number of hydrogen-bond donors (Lipinski definition) is 4. The summed E-state index contributed by atoms with van der Waals surface area (Å²) >= 11 is 0. The molecule has 1 saturated heterocycles. The van der Waals surface area contributed by atoms with E-state index in [9.17, 15) is 18.7 Å². The first-order valence-electron chi connectivity index (χ1n) is 5.69. The van der Waals surface area contributed by atoms with Crippen molar-refractivity contribution in [2.75, 3.05) is 13.2 Å². The van der Waals surface area contributed by atoms with E-state index >= 15 is 0 Å². The lowest BCUT2D eigenvalue weighted by atomic mass is 10.1. The molecule has 2 aliphatic rings. The van der Waals surface area contributed by atoms with E-state index in [1.54, 1.807) is 0 Å². The van der Waals surface area contributed by atoms with Crippen molar-refractivity contribution in [2.45, 2.75) is 30.4 Å². The van der Waals surface area contributed by atoms with Gasteiger partial charge in [0, 0.05) is 6.20 Å². The Kier molecular flexibility index (Phi) is 3.72. The molecule has 4 unspecified atom stereocenters. The highest BCUT2D eigenvalue weighted by molar-refractivity contribution is 5.77. The molecule has 2 aliphatic heterocycles. The van der Waals surface area contributed by atoms with Crippen molar-refractivity contribution in [1.82, 2.24) is 10.2 Å². The fraction of sp³-hybridized carbons (Fsp3) is 0.700. The van der Waals surface area contributed by atoms with Gasteiger partial charge in [-0.1, -0.05) is 0 Å². The average Bonchev–Trinajstić information content (AvgIpc) is 2.56. The van der Waals surface area contributed by atoms with Crippen LogP contribution in [0, 0.1) is 0 Å². The van der Waals surface area contributed by atoms with Crippen LogP contribution >= 0.6 is 0 Å². The Morgan fingerprint density at radius 1 is 1.58 bits per heavy atom. The van der Waals surface area contributed by atoms with Gasteiger partial charge in [-0.2, -0.15) is 0 Å². The Labute approximate surface area is 107 Å². The van der Waals surface area contributed by atoms with Crippen LogP contribution in [0.25, 0.3) is 0 Å². The van der Waals surface area contributed by atoms with Gasteiger partial charge in [-0.05, 0) is 6.08 Å². The molecule has 0 bridgehead atoms. The molecular weight excluding hydrogens is 264 g/mol. The van der Waals surface area contributed by atoms with Crippen LogP contribution in [0.5, 0.6) is 0 Å². The molecule has 0 saturated carbocycles. The third kappa shape index (κ3) is 2.54. The number of ether oxygens (including phenoxy) is 1. The van der Waals surface area contributed by atoms with Gasteiger partial charge in [-0.3, -0.25) is 4.90 Å². The summed E-state index contributed by atoms with van der Waals surface area (Å²) in [6.45, 7) is -1.17. The number of rotatable bonds is 3. The minimum absolute atomic E-state index is 0.449. The van der Waals surface area contributed by atoms with E-state index < -0.39 is 49.6 Å². The zero-order chi connectivity index (χ0) is 14.2. The second-order valence-electron chi connectivity index (χ2n) is 4.43. The van der Waals surface area contributed by atoms with E-state index in [-0.39, 0.29) is 0 Å². The molecule has 0 aromatic rings. The van der Waals surface area contributed by atoms with E-state index in [1.807, 2.05) is 0 Å². The van der Waals surface area contributed by atoms with Crippen LogP contribution in [0.15, 0.2) is 12.3 Å². The predicted molar refractivity (Wildman–Crippen MR) is 59.1 cm³/mol. The van der Waals surface area contributed by atoms with Crippen LogP contribution in [0.4, 0.5) is 13.6 Å².